The van der Waals surface area contributed by atoms with Gasteiger partial charge in [0.05, 0.1) is 7.11 Å². The van der Waals surface area contributed by atoms with E-state index >= 15 is 0 Å². The highest BCUT2D eigenvalue weighted by atomic mass is 16.5. The molecule has 1 unspecified atom stereocenters. The predicted octanol–water partition coefficient (Wildman–Crippen LogP) is 0.463. The normalized spacial score (nSPS) is 12.3. The molecule has 0 radical (unpaired) electrons. The summed E-state index contributed by atoms with van der Waals surface area (Å²) >= 11 is 0. The molecule has 0 aliphatic rings. The molecule has 0 heterocycles. The molecule has 0 aromatic carbocycles. The van der Waals surface area contributed by atoms with Gasteiger partial charge in [-0.05, 0) is 18.8 Å². The van der Waals surface area contributed by atoms with Gasteiger partial charge in [-0.25, -0.2) is 4.79 Å². The quantitative estimate of drug-likeness (QED) is 0.624. The van der Waals surface area contributed by atoms with Crippen molar-refractivity contribution in [3.05, 3.63) is 0 Å². The predicted molar refractivity (Wildman–Crippen MR) is 59.7 cm³/mol. The van der Waals surface area contributed by atoms with Crippen LogP contribution in [-0.2, 0) is 14.3 Å². The summed E-state index contributed by atoms with van der Waals surface area (Å²) in [6, 6.07) is -0.587. The zero-order chi connectivity index (χ0) is 12.6. The average molecular weight is 231 g/mol. The summed E-state index contributed by atoms with van der Waals surface area (Å²) in [4.78, 5) is 22.8. The van der Waals surface area contributed by atoms with E-state index in [2.05, 4.69) is 10.1 Å². The Kier molecular flexibility index (Phi) is 7.54. The van der Waals surface area contributed by atoms with Crippen LogP contribution < -0.4 is 5.32 Å². The van der Waals surface area contributed by atoms with Gasteiger partial charge in [-0.15, -0.1) is 0 Å². The molecule has 1 amide bonds. The van der Waals surface area contributed by atoms with Crippen molar-refractivity contribution in [2.75, 3.05) is 13.7 Å². The van der Waals surface area contributed by atoms with Crippen molar-refractivity contribution in [3.8, 4) is 0 Å². The van der Waals surface area contributed by atoms with E-state index in [0.29, 0.717) is 18.8 Å². The fourth-order valence-corrected chi connectivity index (χ4v) is 1.33. The Morgan fingerprint density at radius 1 is 1.38 bits per heavy atom. The molecule has 0 aromatic heterocycles. The minimum atomic E-state index is -0.587. The van der Waals surface area contributed by atoms with Gasteiger partial charge in [-0.1, -0.05) is 13.8 Å². The Hall–Kier alpha value is -1.10. The van der Waals surface area contributed by atoms with Crippen LogP contribution in [-0.4, -0.2) is 36.7 Å². The molecule has 0 bridgehead atoms. The number of hydrogen-bond acceptors (Lipinski definition) is 4. The number of ether oxygens (including phenoxy) is 1. The Morgan fingerprint density at radius 3 is 2.44 bits per heavy atom. The summed E-state index contributed by atoms with van der Waals surface area (Å²) in [6.45, 7) is 3.91. The zero-order valence-corrected chi connectivity index (χ0v) is 10.2. The van der Waals surface area contributed by atoms with Crippen molar-refractivity contribution in [1.82, 2.24) is 5.32 Å². The Labute approximate surface area is 96.2 Å². The highest BCUT2D eigenvalue weighted by Crippen LogP contribution is 2.06. The maximum atomic E-state index is 11.4. The molecular formula is C11H21NO4. The summed E-state index contributed by atoms with van der Waals surface area (Å²) in [5, 5.41) is 11.2. The van der Waals surface area contributed by atoms with Gasteiger partial charge in [0.2, 0.25) is 5.91 Å². The number of aliphatic hydroxyl groups is 1. The first-order valence-electron chi connectivity index (χ1n) is 5.49. The molecule has 2 N–H and O–H groups in total. The van der Waals surface area contributed by atoms with Crippen LogP contribution in [0.4, 0.5) is 0 Å². The monoisotopic (exact) mass is 231 g/mol. The zero-order valence-electron chi connectivity index (χ0n) is 10.2. The Bertz CT molecular complexity index is 228. The van der Waals surface area contributed by atoms with E-state index < -0.39 is 12.0 Å². The maximum absolute atomic E-state index is 11.4. The molecule has 0 rings (SSSR count). The first kappa shape index (κ1) is 14.9. The number of rotatable bonds is 7. The first-order chi connectivity index (χ1) is 7.51. The van der Waals surface area contributed by atoms with Crippen LogP contribution in [0.25, 0.3) is 0 Å². The van der Waals surface area contributed by atoms with Gasteiger partial charge < -0.3 is 15.2 Å². The number of carbonyl (C=O) groups is 2. The Balaban J connectivity index is 4.19. The third kappa shape index (κ3) is 6.40. The van der Waals surface area contributed by atoms with Crippen molar-refractivity contribution < 1.29 is 19.4 Å². The Morgan fingerprint density at radius 2 is 2.00 bits per heavy atom. The van der Waals surface area contributed by atoms with Crippen molar-refractivity contribution in [2.45, 2.75) is 39.2 Å². The van der Waals surface area contributed by atoms with Crippen molar-refractivity contribution >= 4 is 11.9 Å². The molecule has 0 aliphatic carbocycles. The number of aliphatic hydroxyl groups excluding tert-OH is 1. The molecule has 0 aliphatic heterocycles. The van der Waals surface area contributed by atoms with Gasteiger partial charge in [0, 0.05) is 13.0 Å². The molecule has 16 heavy (non-hydrogen) atoms. The van der Waals surface area contributed by atoms with Crippen LogP contribution in [0.5, 0.6) is 0 Å². The molecule has 0 saturated carbocycles. The molecule has 94 valence electrons. The second kappa shape index (κ2) is 8.10. The van der Waals surface area contributed by atoms with Crippen LogP contribution in [0.3, 0.4) is 0 Å². The standard InChI is InChI=1S/C11H21NO4/c1-8(2)7-9(11(15)16-3)12-10(14)5-4-6-13/h8-9,13H,4-7H2,1-3H3,(H,12,14). The van der Waals surface area contributed by atoms with E-state index in [-0.39, 0.29) is 18.9 Å². The van der Waals surface area contributed by atoms with Crippen LogP contribution in [0.15, 0.2) is 0 Å². The molecule has 0 saturated heterocycles. The van der Waals surface area contributed by atoms with Gasteiger partial charge in [0.1, 0.15) is 6.04 Å². The van der Waals surface area contributed by atoms with E-state index in [4.69, 9.17) is 5.11 Å². The average Bonchev–Trinajstić information content (AvgIpc) is 2.23. The highest BCUT2D eigenvalue weighted by Gasteiger charge is 2.21. The summed E-state index contributed by atoms with van der Waals surface area (Å²) < 4.78 is 4.62. The van der Waals surface area contributed by atoms with Gasteiger partial charge in [-0.3, -0.25) is 4.79 Å². The smallest absolute Gasteiger partial charge is 0.328 e. The maximum Gasteiger partial charge on any atom is 0.328 e. The fourth-order valence-electron chi connectivity index (χ4n) is 1.33. The number of amides is 1. The van der Waals surface area contributed by atoms with Gasteiger partial charge in [0.15, 0.2) is 0 Å². The minimum Gasteiger partial charge on any atom is -0.467 e. The molecule has 0 aromatic rings. The van der Waals surface area contributed by atoms with E-state index in [1.165, 1.54) is 7.11 Å². The second-order valence-corrected chi connectivity index (χ2v) is 4.10. The summed E-state index contributed by atoms with van der Waals surface area (Å²) in [6.07, 6.45) is 1.18. The molecular weight excluding hydrogens is 210 g/mol. The molecule has 5 nitrogen and oxygen atoms in total. The SMILES string of the molecule is COC(=O)C(CC(C)C)NC(=O)CCCO. The lowest BCUT2D eigenvalue weighted by atomic mass is 10.0. The number of carbonyl (C=O) groups excluding carboxylic acids is 2. The summed E-state index contributed by atoms with van der Waals surface area (Å²) in [5.41, 5.74) is 0. The van der Waals surface area contributed by atoms with Crippen LogP contribution >= 0.6 is 0 Å². The molecule has 0 spiro atoms. The number of methoxy groups -OCH3 is 1. The third-order valence-corrected chi connectivity index (χ3v) is 2.09. The third-order valence-electron chi connectivity index (χ3n) is 2.09. The number of esters is 1. The summed E-state index contributed by atoms with van der Waals surface area (Å²) in [5.74, 6) is -0.363. The number of hydrogen-bond donors (Lipinski definition) is 2. The van der Waals surface area contributed by atoms with Gasteiger partial charge in [-0.2, -0.15) is 0 Å². The van der Waals surface area contributed by atoms with E-state index in [9.17, 15) is 9.59 Å². The fraction of sp³-hybridized carbons (Fsp3) is 0.818. The lowest BCUT2D eigenvalue weighted by Gasteiger charge is -2.18. The lowest BCUT2D eigenvalue weighted by molar-refractivity contribution is -0.145. The highest BCUT2D eigenvalue weighted by molar-refractivity contribution is 5.84. The largest absolute Gasteiger partial charge is 0.467 e. The first-order valence-corrected chi connectivity index (χ1v) is 5.49. The lowest BCUT2D eigenvalue weighted by Crippen LogP contribution is -2.42. The van der Waals surface area contributed by atoms with E-state index in [0.717, 1.165) is 0 Å². The van der Waals surface area contributed by atoms with Crippen LogP contribution in [0, 0.1) is 5.92 Å². The van der Waals surface area contributed by atoms with Gasteiger partial charge >= 0.3 is 5.97 Å². The minimum absolute atomic E-state index is 0.0273. The molecule has 1 atom stereocenters. The number of nitrogens with one attached hydrogen (secondary N) is 1. The van der Waals surface area contributed by atoms with E-state index in [1.807, 2.05) is 13.8 Å². The topological polar surface area (TPSA) is 75.6 Å². The second-order valence-electron chi connectivity index (χ2n) is 4.10. The van der Waals surface area contributed by atoms with Crippen molar-refractivity contribution in [1.29, 1.82) is 0 Å². The van der Waals surface area contributed by atoms with Crippen LogP contribution in [0.2, 0.25) is 0 Å². The van der Waals surface area contributed by atoms with Crippen molar-refractivity contribution in [3.63, 3.8) is 0 Å². The van der Waals surface area contributed by atoms with Crippen molar-refractivity contribution in [2.24, 2.45) is 5.92 Å². The van der Waals surface area contributed by atoms with Gasteiger partial charge in [0.25, 0.3) is 0 Å². The van der Waals surface area contributed by atoms with E-state index in [1.54, 1.807) is 0 Å². The van der Waals surface area contributed by atoms with Crippen LogP contribution in [0.1, 0.15) is 33.1 Å². The molecule has 5 heteroatoms. The summed E-state index contributed by atoms with van der Waals surface area (Å²) in [7, 11) is 1.30. The molecule has 0 fully saturated rings.